The number of aliphatic imine (C=N–C) groups is 1. The van der Waals surface area contributed by atoms with Gasteiger partial charge in [-0.1, -0.05) is 0 Å². The van der Waals surface area contributed by atoms with Gasteiger partial charge in [-0.25, -0.2) is 9.97 Å². The number of nitrogens with one attached hydrogen (secondary N) is 1. The second-order valence-corrected chi connectivity index (χ2v) is 5.84. The quantitative estimate of drug-likeness (QED) is 0.401. The number of piperazine rings is 1. The molecule has 140 valence electrons. The van der Waals surface area contributed by atoms with Gasteiger partial charge in [0, 0.05) is 39.6 Å². The summed E-state index contributed by atoms with van der Waals surface area (Å²) >= 11 is 0. The monoisotopic (exact) mass is 470 g/mol. The summed E-state index contributed by atoms with van der Waals surface area (Å²) in [5, 5.41) is 7.39. The van der Waals surface area contributed by atoms with E-state index < -0.39 is 0 Å². The van der Waals surface area contributed by atoms with Crippen LogP contribution in [0.2, 0.25) is 0 Å². The third-order valence-electron chi connectivity index (χ3n) is 4.00. The van der Waals surface area contributed by atoms with Crippen molar-refractivity contribution in [3.8, 4) is 0 Å². The molecule has 0 radical (unpaired) electrons. The Morgan fingerprint density at radius 3 is 2.81 bits per heavy atom. The van der Waals surface area contributed by atoms with E-state index in [1.165, 1.54) is 0 Å². The highest BCUT2D eigenvalue weighted by Gasteiger charge is 2.27. The maximum Gasteiger partial charge on any atom is 0.246 e. The summed E-state index contributed by atoms with van der Waals surface area (Å²) in [5.74, 6) is 1.45. The number of anilines is 1. The van der Waals surface area contributed by atoms with Gasteiger partial charge in [-0.15, -0.1) is 24.0 Å². The number of hydrogen-bond donors (Lipinski definition) is 1. The molecule has 0 bridgehead atoms. The minimum atomic E-state index is 0. The Kier molecular flexibility index (Phi) is 6.89. The van der Waals surface area contributed by atoms with E-state index in [2.05, 4.69) is 25.4 Å². The van der Waals surface area contributed by atoms with Gasteiger partial charge in [0.05, 0.1) is 24.1 Å². The topological polar surface area (TPSA) is 91.5 Å². The van der Waals surface area contributed by atoms with Crippen molar-refractivity contribution < 1.29 is 4.79 Å². The van der Waals surface area contributed by atoms with Crippen molar-refractivity contribution >= 4 is 41.5 Å². The number of aromatic nitrogens is 4. The molecule has 0 aromatic carbocycles. The molecule has 0 saturated carbocycles. The van der Waals surface area contributed by atoms with Gasteiger partial charge in [0.1, 0.15) is 12.4 Å². The zero-order chi connectivity index (χ0) is 17.8. The van der Waals surface area contributed by atoms with Crippen LogP contribution in [0.4, 0.5) is 5.69 Å². The van der Waals surface area contributed by atoms with Crippen LogP contribution in [0.5, 0.6) is 0 Å². The third-order valence-corrected chi connectivity index (χ3v) is 4.00. The summed E-state index contributed by atoms with van der Waals surface area (Å²) in [4.78, 5) is 28.9. The number of nitrogens with zero attached hydrogens (tertiary/aromatic N) is 7. The van der Waals surface area contributed by atoms with Crippen LogP contribution in [0.1, 0.15) is 11.5 Å². The summed E-state index contributed by atoms with van der Waals surface area (Å²) in [5.41, 5.74) is 1.71. The fourth-order valence-corrected chi connectivity index (χ4v) is 2.78. The Morgan fingerprint density at radius 2 is 2.19 bits per heavy atom. The number of halogens is 1. The molecule has 1 amide bonds. The molecular formula is C16H23IN8O. The first-order valence-electron chi connectivity index (χ1n) is 8.10. The lowest BCUT2D eigenvalue weighted by Gasteiger charge is -2.35. The van der Waals surface area contributed by atoms with Crippen LogP contribution in [0.15, 0.2) is 29.6 Å². The van der Waals surface area contributed by atoms with Crippen LogP contribution in [0.3, 0.4) is 0 Å². The molecule has 1 fully saturated rings. The van der Waals surface area contributed by atoms with Crippen molar-refractivity contribution in [3.63, 3.8) is 0 Å². The molecule has 1 saturated heterocycles. The van der Waals surface area contributed by atoms with E-state index in [9.17, 15) is 4.79 Å². The van der Waals surface area contributed by atoms with Crippen molar-refractivity contribution in [2.45, 2.75) is 13.5 Å². The predicted molar refractivity (Wildman–Crippen MR) is 110 cm³/mol. The lowest BCUT2D eigenvalue weighted by atomic mass is 10.3. The van der Waals surface area contributed by atoms with Gasteiger partial charge in [-0.05, 0) is 13.0 Å². The molecule has 9 nitrogen and oxygen atoms in total. The van der Waals surface area contributed by atoms with E-state index in [4.69, 9.17) is 0 Å². The number of amides is 1. The van der Waals surface area contributed by atoms with Gasteiger partial charge in [0.2, 0.25) is 5.91 Å². The number of guanidine groups is 1. The fourth-order valence-electron chi connectivity index (χ4n) is 2.78. The van der Waals surface area contributed by atoms with Crippen LogP contribution in [0, 0.1) is 6.92 Å². The molecule has 2 aromatic rings. The molecule has 1 N–H and O–H groups in total. The zero-order valence-corrected chi connectivity index (χ0v) is 17.4. The van der Waals surface area contributed by atoms with Gasteiger partial charge in [-0.3, -0.25) is 14.5 Å². The average Bonchev–Trinajstić information content (AvgIpc) is 3.02. The Morgan fingerprint density at radius 1 is 1.38 bits per heavy atom. The number of carbonyl (C=O) groups is 1. The minimum Gasteiger partial charge on any atom is -0.351 e. The highest BCUT2D eigenvalue weighted by Crippen LogP contribution is 2.16. The number of rotatable bonds is 3. The van der Waals surface area contributed by atoms with Gasteiger partial charge in [0.15, 0.2) is 5.96 Å². The van der Waals surface area contributed by atoms with Crippen molar-refractivity contribution in [2.75, 3.05) is 31.6 Å². The van der Waals surface area contributed by atoms with E-state index in [-0.39, 0.29) is 36.4 Å². The Bertz CT molecular complexity index is 790. The largest absolute Gasteiger partial charge is 0.351 e. The summed E-state index contributed by atoms with van der Waals surface area (Å²) < 4.78 is 1.69. The lowest BCUT2D eigenvalue weighted by Crippen LogP contribution is -2.55. The molecule has 1 aliphatic rings. The van der Waals surface area contributed by atoms with Crippen LogP contribution < -0.4 is 10.2 Å². The predicted octanol–water partition coefficient (Wildman–Crippen LogP) is 0.561. The summed E-state index contributed by atoms with van der Waals surface area (Å²) in [6, 6.07) is 1.86. The number of carbonyl (C=O) groups excluding carboxylic acids is 1. The van der Waals surface area contributed by atoms with E-state index in [1.807, 2.05) is 31.1 Å². The molecule has 26 heavy (non-hydrogen) atoms. The summed E-state index contributed by atoms with van der Waals surface area (Å²) in [6.07, 6.45) is 5.29. The van der Waals surface area contributed by atoms with E-state index >= 15 is 0 Å². The summed E-state index contributed by atoms with van der Waals surface area (Å²) in [6.45, 7) is 3.96. The molecule has 0 aliphatic carbocycles. The molecule has 1 aliphatic heterocycles. The van der Waals surface area contributed by atoms with Crippen molar-refractivity contribution in [3.05, 3.63) is 36.2 Å². The van der Waals surface area contributed by atoms with Gasteiger partial charge in [-0.2, -0.15) is 5.10 Å². The Labute approximate surface area is 169 Å². The highest BCUT2D eigenvalue weighted by atomic mass is 127. The molecule has 10 heteroatoms. The van der Waals surface area contributed by atoms with Crippen LogP contribution in [0.25, 0.3) is 0 Å². The standard InChI is InChI=1S/C16H22N8O.HI/c1-12-18-5-4-13(21-12)8-19-16(17-2)23-6-7-24(15(25)11-23)14-9-20-22(3)10-14;/h4-5,9-10H,6-8,11H2,1-3H3,(H,17,19);1H. The normalized spacial score (nSPS) is 15.0. The molecule has 2 aromatic heterocycles. The molecular weight excluding hydrogens is 447 g/mol. The first-order chi connectivity index (χ1) is 12.1. The third kappa shape index (κ3) is 4.68. The second kappa shape index (κ2) is 8.92. The Hall–Kier alpha value is -2.24. The maximum absolute atomic E-state index is 12.5. The highest BCUT2D eigenvalue weighted by molar-refractivity contribution is 14.0. The van der Waals surface area contributed by atoms with Crippen LogP contribution >= 0.6 is 24.0 Å². The zero-order valence-electron chi connectivity index (χ0n) is 15.1. The van der Waals surface area contributed by atoms with Crippen molar-refractivity contribution in [1.82, 2.24) is 30.0 Å². The van der Waals surface area contributed by atoms with Crippen LogP contribution in [-0.4, -0.2) is 63.2 Å². The SMILES string of the molecule is CN=C(NCc1ccnc(C)n1)N1CCN(c2cnn(C)c2)C(=O)C1.I. The van der Waals surface area contributed by atoms with Crippen molar-refractivity contribution in [2.24, 2.45) is 12.0 Å². The molecule has 0 spiro atoms. The first kappa shape index (κ1) is 20.1. The minimum absolute atomic E-state index is 0. The lowest BCUT2D eigenvalue weighted by molar-refractivity contribution is -0.120. The average molecular weight is 470 g/mol. The van der Waals surface area contributed by atoms with Gasteiger partial charge in [0.25, 0.3) is 0 Å². The van der Waals surface area contributed by atoms with E-state index in [0.717, 1.165) is 17.2 Å². The smallest absolute Gasteiger partial charge is 0.246 e. The molecule has 3 heterocycles. The van der Waals surface area contributed by atoms with Crippen LogP contribution in [-0.2, 0) is 18.4 Å². The molecule has 0 unspecified atom stereocenters. The van der Waals surface area contributed by atoms with Gasteiger partial charge < -0.3 is 15.1 Å². The van der Waals surface area contributed by atoms with E-state index in [0.29, 0.717) is 25.6 Å². The first-order valence-corrected chi connectivity index (χ1v) is 8.10. The van der Waals surface area contributed by atoms with E-state index in [1.54, 1.807) is 29.0 Å². The maximum atomic E-state index is 12.5. The molecule has 0 atom stereocenters. The van der Waals surface area contributed by atoms with Crippen molar-refractivity contribution in [1.29, 1.82) is 0 Å². The number of aryl methyl sites for hydroxylation is 2. The fraction of sp³-hybridized carbons (Fsp3) is 0.438. The van der Waals surface area contributed by atoms with Gasteiger partial charge >= 0.3 is 0 Å². The summed E-state index contributed by atoms with van der Waals surface area (Å²) in [7, 11) is 3.55. The molecule has 3 rings (SSSR count). The number of hydrogen-bond acceptors (Lipinski definition) is 5. The Balaban J connectivity index is 0.00000243. The second-order valence-electron chi connectivity index (χ2n) is 5.84.